The van der Waals surface area contributed by atoms with Gasteiger partial charge in [-0.3, -0.25) is 4.79 Å². The molecule has 0 bridgehead atoms. The van der Waals surface area contributed by atoms with Crippen molar-refractivity contribution >= 4 is 34.5 Å². The van der Waals surface area contributed by atoms with Gasteiger partial charge in [0.05, 0.1) is 0 Å². The number of hydrogen-bond acceptors (Lipinski definition) is 3. The van der Waals surface area contributed by atoms with Crippen LogP contribution in [-0.2, 0) is 4.79 Å². The fourth-order valence-electron chi connectivity index (χ4n) is 1.22. The highest BCUT2D eigenvalue weighted by atomic mass is 32.1. The first-order valence-electron chi connectivity index (χ1n) is 4.15. The Balaban J connectivity index is 2.45. The summed E-state index contributed by atoms with van der Waals surface area (Å²) in [7, 11) is 0. The fraction of sp³-hybridized carbons (Fsp3) is 0. The standard InChI is InChI=1S/C11H8OS2/c12-6-5-9(10-3-1-7-13-10)11-4-2-8-14-11/h1-8H. The van der Waals surface area contributed by atoms with Crippen LogP contribution in [0.1, 0.15) is 9.75 Å². The highest BCUT2D eigenvalue weighted by molar-refractivity contribution is 7.13. The van der Waals surface area contributed by atoms with Crippen molar-refractivity contribution < 1.29 is 4.79 Å². The minimum Gasteiger partial charge on any atom is -0.299 e. The van der Waals surface area contributed by atoms with Crippen LogP contribution in [0.25, 0.3) is 5.57 Å². The molecule has 0 spiro atoms. The van der Waals surface area contributed by atoms with E-state index in [4.69, 9.17) is 0 Å². The number of rotatable bonds is 3. The molecule has 14 heavy (non-hydrogen) atoms. The topological polar surface area (TPSA) is 17.1 Å². The van der Waals surface area contributed by atoms with Crippen molar-refractivity contribution in [1.29, 1.82) is 0 Å². The van der Waals surface area contributed by atoms with Gasteiger partial charge in [0.25, 0.3) is 0 Å². The van der Waals surface area contributed by atoms with Crippen molar-refractivity contribution in [2.24, 2.45) is 0 Å². The molecule has 0 N–H and O–H groups in total. The smallest absolute Gasteiger partial charge is 0.143 e. The molecule has 0 unspecified atom stereocenters. The van der Waals surface area contributed by atoms with Crippen LogP contribution >= 0.6 is 22.7 Å². The summed E-state index contributed by atoms with van der Waals surface area (Å²) >= 11 is 3.30. The summed E-state index contributed by atoms with van der Waals surface area (Å²) < 4.78 is 0. The summed E-state index contributed by atoms with van der Waals surface area (Å²) in [6, 6.07) is 8.04. The van der Waals surface area contributed by atoms with Crippen molar-refractivity contribution in [3.63, 3.8) is 0 Å². The van der Waals surface area contributed by atoms with Crippen molar-refractivity contribution in [3.05, 3.63) is 50.9 Å². The lowest BCUT2D eigenvalue weighted by molar-refractivity contribution is -0.104. The quantitative estimate of drug-likeness (QED) is 0.572. The maximum absolute atomic E-state index is 10.5. The number of aldehydes is 1. The molecule has 0 radical (unpaired) electrons. The minimum absolute atomic E-state index is 0.842. The lowest BCUT2D eigenvalue weighted by Gasteiger charge is -1.98. The largest absolute Gasteiger partial charge is 0.299 e. The highest BCUT2D eigenvalue weighted by Crippen LogP contribution is 2.29. The van der Waals surface area contributed by atoms with Gasteiger partial charge in [0, 0.05) is 15.3 Å². The summed E-state index contributed by atoms with van der Waals surface area (Å²) in [5.74, 6) is 0. The summed E-state index contributed by atoms with van der Waals surface area (Å²) in [6.07, 6.45) is 2.46. The Morgan fingerprint density at radius 3 is 2.00 bits per heavy atom. The van der Waals surface area contributed by atoms with Crippen molar-refractivity contribution in [1.82, 2.24) is 0 Å². The van der Waals surface area contributed by atoms with Crippen LogP contribution in [0, 0.1) is 0 Å². The average molecular weight is 220 g/mol. The molecule has 0 saturated heterocycles. The number of carbonyl (C=O) groups is 1. The SMILES string of the molecule is O=CC=C(c1cccs1)c1cccs1. The van der Waals surface area contributed by atoms with Crippen LogP contribution in [0.2, 0.25) is 0 Å². The lowest BCUT2D eigenvalue weighted by atomic mass is 10.2. The van der Waals surface area contributed by atoms with Gasteiger partial charge in [-0.25, -0.2) is 0 Å². The van der Waals surface area contributed by atoms with E-state index in [0.29, 0.717) is 0 Å². The summed E-state index contributed by atoms with van der Waals surface area (Å²) in [6.45, 7) is 0. The van der Waals surface area contributed by atoms with Gasteiger partial charge in [-0.05, 0) is 29.0 Å². The van der Waals surface area contributed by atoms with Crippen molar-refractivity contribution in [3.8, 4) is 0 Å². The van der Waals surface area contributed by atoms with E-state index in [2.05, 4.69) is 0 Å². The molecule has 0 amide bonds. The maximum Gasteiger partial charge on any atom is 0.143 e. The molecular formula is C11H8OS2. The van der Waals surface area contributed by atoms with E-state index in [1.54, 1.807) is 28.7 Å². The molecule has 2 rings (SSSR count). The van der Waals surface area contributed by atoms with Crippen molar-refractivity contribution in [2.45, 2.75) is 0 Å². The Bertz CT molecular complexity index is 388. The Hall–Kier alpha value is -1.19. The number of carbonyl (C=O) groups excluding carboxylic acids is 1. The zero-order chi connectivity index (χ0) is 9.80. The van der Waals surface area contributed by atoms with Gasteiger partial charge < -0.3 is 0 Å². The van der Waals surface area contributed by atoms with Crippen LogP contribution in [0.4, 0.5) is 0 Å². The molecule has 0 aromatic carbocycles. The van der Waals surface area contributed by atoms with Gasteiger partial charge in [-0.2, -0.15) is 0 Å². The maximum atomic E-state index is 10.5. The predicted octanol–water partition coefficient (Wildman–Crippen LogP) is 3.44. The molecule has 2 aromatic heterocycles. The first-order chi connectivity index (χ1) is 6.92. The van der Waals surface area contributed by atoms with E-state index in [0.717, 1.165) is 21.6 Å². The average Bonchev–Trinajstić information content (AvgIpc) is 2.87. The van der Waals surface area contributed by atoms with Crippen LogP contribution in [0.3, 0.4) is 0 Å². The van der Waals surface area contributed by atoms with Crippen molar-refractivity contribution in [2.75, 3.05) is 0 Å². The summed E-state index contributed by atoms with van der Waals surface area (Å²) in [4.78, 5) is 12.8. The molecule has 0 aliphatic heterocycles. The molecule has 1 nitrogen and oxygen atoms in total. The van der Waals surface area contributed by atoms with E-state index in [1.165, 1.54) is 0 Å². The summed E-state index contributed by atoms with van der Waals surface area (Å²) in [5, 5.41) is 4.03. The fourth-order valence-corrected chi connectivity index (χ4v) is 2.81. The third-order valence-electron chi connectivity index (χ3n) is 1.81. The Morgan fingerprint density at radius 1 is 1.07 bits per heavy atom. The lowest BCUT2D eigenvalue weighted by Crippen LogP contribution is -1.80. The second kappa shape index (κ2) is 4.35. The van der Waals surface area contributed by atoms with Crippen LogP contribution in [0.5, 0.6) is 0 Å². The molecule has 0 aliphatic carbocycles. The molecule has 70 valence electrons. The molecule has 0 saturated carbocycles. The van der Waals surface area contributed by atoms with Gasteiger partial charge in [0.15, 0.2) is 0 Å². The second-order valence-corrected chi connectivity index (χ2v) is 4.57. The zero-order valence-electron chi connectivity index (χ0n) is 7.34. The highest BCUT2D eigenvalue weighted by Gasteiger charge is 2.05. The molecule has 2 aromatic rings. The Kier molecular flexibility index (Phi) is 2.91. The zero-order valence-corrected chi connectivity index (χ0v) is 8.98. The minimum atomic E-state index is 0.842. The van der Waals surface area contributed by atoms with Gasteiger partial charge >= 0.3 is 0 Å². The molecule has 0 fully saturated rings. The number of allylic oxidation sites excluding steroid dienone is 1. The summed E-state index contributed by atoms with van der Waals surface area (Å²) in [5.41, 5.74) is 1.02. The number of thiophene rings is 2. The molecule has 2 heterocycles. The van der Waals surface area contributed by atoms with Crippen LogP contribution < -0.4 is 0 Å². The normalized spacial score (nSPS) is 9.71. The number of hydrogen-bond donors (Lipinski definition) is 0. The third-order valence-corrected chi connectivity index (χ3v) is 3.61. The van der Waals surface area contributed by atoms with E-state index in [1.807, 2.05) is 35.0 Å². The molecule has 0 atom stereocenters. The van der Waals surface area contributed by atoms with E-state index in [-0.39, 0.29) is 0 Å². The molecule has 3 heteroatoms. The Labute approximate surface area is 90.3 Å². The van der Waals surface area contributed by atoms with Gasteiger partial charge in [0.1, 0.15) is 6.29 Å². The van der Waals surface area contributed by atoms with E-state index < -0.39 is 0 Å². The van der Waals surface area contributed by atoms with E-state index >= 15 is 0 Å². The van der Waals surface area contributed by atoms with Gasteiger partial charge in [-0.1, -0.05) is 12.1 Å². The first kappa shape index (κ1) is 9.37. The first-order valence-corrected chi connectivity index (χ1v) is 5.91. The van der Waals surface area contributed by atoms with E-state index in [9.17, 15) is 4.79 Å². The Morgan fingerprint density at radius 2 is 1.64 bits per heavy atom. The third kappa shape index (κ3) is 1.84. The molecule has 0 aliphatic rings. The van der Waals surface area contributed by atoms with Gasteiger partial charge in [-0.15, -0.1) is 22.7 Å². The monoisotopic (exact) mass is 220 g/mol. The predicted molar refractivity (Wildman–Crippen MR) is 61.8 cm³/mol. The molecular weight excluding hydrogens is 212 g/mol. The van der Waals surface area contributed by atoms with Crippen LogP contribution in [0.15, 0.2) is 41.1 Å². The van der Waals surface area contributed by atoms with Gasteiger partial charge in [0.2, 0.25) is 0 Å². The second-order valence-electron chi connectivity index (χ2n) is 2.67. The van der Waals surface area contributed by atoms with Crippen LogP contribution in [-0.4, -0.2) is 6.29 Å².